The Labute approximate surface area is 94.8 Å². The lowest BCUT2D eigenvalue weighted by Crippen LogP contribution is -2.02. The van der Waals surface area contributed by atoms with E-state index < -0.39 is 6.10 Å². The third-order valence-electron chi connectivity index (χ3n) is 2.46. The van der Waals surface area contributed by atoms with Gasteiger partial charge >= 0.3 is 0 Å². The van der Waals surface area contributed by atoms with E-state index in [9.17, 15) is 5.11 Å². The fourth-order valence-corrected chi connectivity index (χ4v) is 1.63. The minimum Gasteiger partial charge on any atom is -0.388 e. The Bertz CT molecular complexity index is 456. The van der Waals surface area contributed by atoms with Crippen LogP contribution in [-0.2, 0) is 6.42 Å². The average molecular weight is 214 g/mol. The molecule has 0 radical (unpaired) electrons. The third-order valence-corrected chi connectivity index (χ3v) is 2.46. The van der Waals surface area contributed by atoms with Crippen LogP contribution in [0.3, 0.4) is 0 Å². The molecule has 2 rings (SSSR count). The number of pyridine rings is 2. The van der Waals surface area contributed by atoms with Crippen molar-refractivity contribution in [2.24, 2.45) is 0 Å². The maximum atomic E-state index is 10.0. The van der Waals surface area contributed by atoms with Crippen LogP contribution in [0.4, 0.5) is 0 Å². The fraction of sp³-hybridized carbons (Fsp3) is 0.231. The van der Waals surface area contributed by atoms with E-state index in [-0.39, 0.29) is 0 Å². The number of aryl methyl sites for hydroxylation is 1. The summed E-state index contributed by atoms with van der Waals surface area (Å²) in [6.45, 7) is 1.92. The molecule has 1 N–H and O–H groups in total. The summed E-state index contributed by atoms with van der Waals surface area (Å²) in [6.07, 6.45) is 5.31. The van der Waals surface area contributed by atoms with Crippen molar-refractivity contribution in [3.8, 4) is 0 Å². The van der Waals surface area contributed by atoms with Gasteiger partial charge in [-0.25, -0.2) is 0 Å². The molecule has 0 aromatic carbocycles. The molecule has 0 saturated carbocycles. The smallest absolute Gasteiger partial charge is 0.0832 e. The van der Waals surface area contributed by atoms with Crippen molar-refractivity contribution < 1.29 is 5.11 Å². The normalized spacial score (nSPS) is 12.4. The summed E-state index contributed by atoms with van der Waals surface area (Å²) in [6, 6.07) is 7.58. The summed E-state index contributed by atoms with van der Waals surface area (Å²) in [4.78, 5) is 8.13. The fourth-order valence-electron chi connectivity index (χ4n) is 1.63. The van der Waals surface area contributed by atoms with E-state index in [0.29, 0.717) is 6.42 Å². The highest BCUT2D eigenvalue weighted by atomic mass is 16.3. The minimum atomic E-state index is -0.495. The molecule has 1 unspecified atom stereocenters. The molecule has 0 spiro atoms. The maximum Gasteiger partial charge on any atom is 0.0832 e. The van der Waals surface area contributed by atoms with Crippen LogP contribution in [0.5, 0.6) is 0 Å². The van der Waals surface area contributed by atoms with Crippen molar-refractivity contribution in [2.75, 3.05) is 0 Å². The highest BCUT2D eigenvalue weighted by molar-refractivity contribution is 5.21. The molecule has 0 aliphatic carbocycles. The van der Waals surface area contributed by atoms with Crippen molar-refractivity contribution in [1.29, 1.82) is 0 Å². The molecule has 0 fully saturated rings. The zero-order chi connectivity index (χ0) is 11.4. The first-order valence-corrected chi connectivity index (χ1v) is 5.25. The van der Waals surface area contributed by atoms with Gasteiger partial charge in [-0.1, -0.05) is 6.07 Å². The maximum absolute atomic E-state index is 10.0. The van der Waals surface area contributed by atoms with E-state index in [1.165, 1.54) is 0 Å². The average Bonchev–Trinajstić information content (AvgIpc) is 2.30. The largest absolute Gasteiger partial charge is 0.388 e. The quantitative estimate of drug-likeness (QED) is 0.850. The van der Waals surface area contributed by atoms with Gasteiger partial charge in [-0.15, -0.1) is 0 Å². The van der Waals surface area contributed by atoms with Crippen LogP contribution in [0, 0.1) is 6.92 Å². The predicted molar refractivity (Wildman–Crippen MR) is 61.9 cm³/mol. The molecule has 0 aliphatic heterocycles. The van der Waals surface area contributed by atoms with Crippen LogP contribution >= 0.6 is 0 Å². The summed E-state index contributed by atoms with van der Waals surface area (Å²) in [5.41, 5.74) is 2.85. The molecule has 2 heterocycles. The number of hydrogen-bond acceptors (Lipinski definition) is 3. The molecule has 0 aliphatic rings. The molecule has 1 atom stereocenters. The Kier molecular flexibility index (Phi) is 3.27. The zero-order valence-corrected chi connectivity index (χ0v) is 9.17. The number of nitrogens with zero attached hydrogens (tertiary/aromatic N) is 2. The Balaban J connectivity index is 2.12. The second-order valence-electron chi connectivity index (χ2n) is 3.81. The van der Waals surface area contributed by atoms with Gasteiger partial charge in [0.15, 0.2) is 0 Å². The summed E-state index contributed by atoms with van der Waals surface area (Å²) < 4.78 is 0. The number of aliphatic hydroxyl groups excluding tert-OH is 1. The monoisotopic (exact) mass is 214 g/mol. The Morgan fingerprint density at radius 2 is 2.19 bits per heavy atom. The van der Waals surface area contributed by atoms with Crippen LogP contribution in [0.15, 0.2) is 42.9 Å². The van der Waals surface area contributed by atoms with Crippen LogP contribution in [-0.4, -0.2) is 15.1 Å². The SMILES string of the molecule is Cc1cc(C(O)Cc2cccnc2)ccn1. The summed E-state index contributed by atoms with van der Waals surface area (Å²) >= 11 is 0. The highest BCUT2D eigenvalue weighted by Gasteiger charge is 2.08. The number of aliphatic hydroxyl groups is 1. The minimum absolute atomic E-state index is 0.495. The van der Waals surface area contributed by atoms with Gasteiger partial charge in [0.1, 0.15) is 0 Å². The van der Waals surface area contributed by atoms with Gasteiger partial charge in [0, 0.05) is 30.7 Å². The Morgan fingerprint density at radius 3 is 2.88 bits per heavy atom. The van der Waals surface area contributed by atoms with Crippen LogP contribution in [0.2, 0.25) is 0 Å². The van der Waals surface area contributed by atoms with Gasteiger partial charge in [-0.3, -0.25) is 9.97 Å². The van der Waals surface area contributed by atoms with Crippen LogP contribution < -0.4 is 0 Å². The first-order chi connectivity index (χ1) is 7.75. The molecule has 0 bridgehead atoms. The third kappa shape index (κ3) is 2.64. The molecule has 16 heavy (non-hydrogen) atoms. The Morgan fingerprint density at radius 1 is 1.31 bits per heavy atom. The number of aromatic nitrogens is 2. The van der Waals surface area contributed by atoms with Gasteiger partial charge in [-0.2, -0.15) is 0 Å². The molecule has 2 aromatic heterocycles. The summed E-state index contributed by atoms with van der Waals surface area (Å²) in [5.74, 6) is 0. The van der Waals surface area contributed by atoms with Crippen molar-refractivity contribution in [2.45, 2.75) is 19.4 Å². The number of hydrogen-bond donors (Lipinski definition) is 1. The first kappa shape index (κ1) is 10.8. The van der Waals surface area contributed by atoms with Crippen molar-refractivity contribution >= 4 is 0 Å². The van der Waals surface area contributed by atoms with E-state index in [1.807, 2.05) is 31.2 Å². The topological polar surface area (TPSA) is 46.0 Å². The molecule has 3 heteroatoms. The van der Waals surface area contributed by atoms with Gasteiger partial charge in [0.25, 0.3) is 0 Å². The van der Waals surface area contributed by atoms with Crippen molar-refractivity contribution in [3.63, 3.8) is 0 Å². The van der Waals surface area contributed by atoms with E-state index >= 15 is 0 Å². The van der Waals surface area contributed by atoms with E-state index in [0.717, 1.165) is 16.8 Å². The highest BCUT2D eigenvalue weighted by Crippen LogP contribution is 2.17. The molecule has 0 amide bonds. The molecular weight excluding hydrogens is 200 g/mol. The summed E-state index contributed by atoms with van der Waals surface area (Å²) in [5, 5.41) is 10.0. The molecule has 0 saturated heterocycles. The molecule has 82 valence electrons. The van der Waals surface area contributed by atoms with Crippen molar-refractivity contribution in [1.82, 2.24) is 9.97 Å². The lowest BCUT2D eigenvalue weighted by atomic mass is 10.0. The van der Waals surface area contributed by atoms with Crippen LogP contribution in [0.25, 0.3) is 0 Å². The van der Waals surface area contributed by atoms with Crippen molar-refractivity contribution in [3.05, 3.63) is 59.7 Å². The second-order valence-corrected chi connectivity index (χ2v) is 3.81. The zero-order valence-electron chi connectivity index (χ0n) is 9.17. The van der Waals surface area contributed by atoms with E-state index in [2.05, 4.69) is 9.97 Å². The van der Waals surface area contributed by atoms with Gasteiger partial charge in [0.2, 0.25) is 0 Å². The summed E-state index contributed by atoms with van der Waals surface area (Å²) in [7, 11) is 0. The Hall–Kier alpha value is -1.74. The van der Waals surface area contributed by atoms with E-state index in [1.54, 1.807) is 18.6 Å². The lowest BCUT2D eigenvalue weighted by molar-refractivity contribution is 0.178. The van der Waals surface area contributed by atoms with Gasteiger partial charge < -0.3 is 5.11 Å². The molecular formula is C13H14N2O. The van der Waals surface area contributed by atoms with Gasteiger partial charge in [-0.05, 0) is 36.2 Å². The van der Waals surface area contributed by atoms with Gasteiger partial charge in [0.05, 0.1) is 6.10 Å². The first-order valence-electron chi connectivity index (χ1n) is 5.25. The lowest BCUT2D eigenvalue weighted by Gasteiger charge is -2.10. The number of rotatable bonds is 3. The standard InChI is InChI=1S/C13H14N2O/c1-10-7-12(4-6-15-10)13(16)8-11-3-2-5-14-9-11/h2-7,9,13,16H,8H2,1H3. The second kappa shape index (κ2) is 4.86. The predicted octanol–water partition coefficient (Wildman–Crippen LogP) is 2.06. The van der Waals surface area contributed by atoms with Crippen LogP contribution in [0.1, 0.15) is 22.9 Å². The molecule has 2 aromatic rings. The molecule has 3 nitrogen and oxygen atoms in total. The van der Waals surface area contributed by atoms with E-state index in [4.69, 9.17) is 0 Å².